The first kappa shape index (κ1) is 18.7. The van der Waals surface area contributed by atoms with Crippen molar-refractivity contribution in [1.82, 2.24) is 14.6 Å². The highest BCUT2D eigenvalue weighted by molar-refractivity contribution is 6.39. The minimum Gasteiger partial charge on any atom is -0.378 e. The zero-order valence-electron chi connectivity index (χ0n) is 14.6. The predicted molar refractivity (Wildman–Crippen MR) is 107 cm³/mol. The number of fused-ring (bicyclic) bond motifs is 1. The lowest BCUT2D eigenvalue weighted by Crippen LogP contribution is -2.45. The first-order valence-electron chi connectivity index (χ1n) is 8.50. The summed E-state index contributed by atoms with van der Waals surface area (Å²) in [6.45, 7) is 2.31. The molecule has 1 aliphatic rings. The van der Waals surface area contributed by atoms with E-state index in [1.165, 1.54) is 18.6 Å². The van der Waals surface area contributed by atoms with Crippen molar-refractivity contribution < 1.29 is 9.53 Å². The summed E-state index contributed by atoms with van der Waals surface area (Å²) in [5, 5.41) is 5.28. The van der Waals surface area contributed by atoms with Crippen LogP contribution in [0.2, 0.25) is 10.0 Å². The number of hydrogen-bond donors (Lipinski definition) is 1. The Balaban J connectivity index is 1.81. The van der Waals surface area contributed by atoms with Gasteiger partial charge in [0.25, 0.3) is 5.91 Å². The molecule has 3 aromatic heterocycles. The number of rotatable bonds is 3. The van der Waals surface area contributed by atoms with Gasteiger partial charge in [-0.1, -0.05) is 23.2 Å². The molecule has 1 N–H and O–H groups in total. The molecule has 0 atom stereocenters. The van der Waals surface area contributed by atoms with Crippen molar-refractivity contribution in [3.05, 3.63) is 62.8 Å². The van der Waals surface area contributed by atoms with E-state index >= 15 is 0 Å². The molecule has 0 saturated carbocycles. The van der Waals surface area contributed by atoms with Gasteiger partial charge in [-0.05, 0) is 12.1 Å². The van der Waals surface area contributed by atoms with E-state index in [0.717, 1.165) is 0 Å². The zero-order chi connectivity index (χ0) is 19.7. The van der Waals surface area contributed by atoms with Gasteiger partial charge in [0, 0.05) is 24.8 Å². The minimum absolute atomic E-state index is 0.0454. The van der Waals surface area contributed by atoms with Crippen LogP contribution in [0.1, 0.15) is 10.4 Å². The Bertz CT molecular complexity index is 1090. The highest BCUT2D eigenvalue weighted by atomic mass is 35.5. The van der Waals surface area contributed by atoms with Crippen LogP contribution in [0.25, 0.3) is 11.0 Å². The average molecular weight is 420 g/mol. The number of nitrogens with one attached hydrogen (secondary N) is 1. The molecule has 0 unspecified atom stereocenters. The Morgan fingerprint density at radius 3 is 2.61 bits per heavy atom. The molecule has 1 saturated heterocycles. The van der Waals surface area contributed by atoms with E-state index in [-0.39, 0.29) is 21.3 Å². The molecule has 0 aliphatic carbocycles. The van der Waals surface area contributed by atoms with Crippen LogP contribution >= 0.6 is 23.2 Å². The van der Waals surface area contributed by atoms with Crippen molar-refractivity contribution in [2.24, 2.45) is 0 Å². The summed E-state index contributed by atoms with van der Waals surface area (Å²) in [5.74, 6) is -0.618. The quantitative estimate of drug-likeness (QED) is 0.700. The number of hydrogen-bond acceptors (Lipinski definition) is 6. The maximum Gasteiger partial charge on any atom is 0.261 e. The third-order valence-corrected chi connectivity index (χ3v) is 4.95. The molecule has 1 aliphatic heterocycles. The maximum atomic E-state index is 12.9. The van der Waals surface area contributed by atoms with Crippen LogP contribution in [0.4, 0.5) is 5.69 Å². The molecule has 3 aromatic rings. The first-order valence-corrected chi connectivity index (χ1v) is 9.25. The smallest absolute Gasteiger partial charge is 0.261 e. The number of morpholine rings is 1. The highest BCUT2D eigenvalue weighted by Crippen LogP contribution is 2.29. The fourth-order valence-corrected chi connectivity index (χ4v) is 3.46. The third-order valence-electron chi connectivity index (χ3n) is 4.37. The largest absolute Gasteiger partial charge is 0.378 e. The van der Waals surface area contributed by atoms with Crippen molar-refractivity contribution in [1.29, 1.82) is 0 Å². The number of ether oxygens (including phenoxy) is 1. The molecular weight excluding hydrogens is 405 g/mol. The van der Waals surface area contributed by atoms with Gasteiger partial charge in [0.15, 0.2) is 5.65 Å². The lowest BCUT2D eigenvalue weighted by atomic mass is 10.2. The maximum absolute atomic E-state index is 12.9. The summed E-state index contributed by atoms with van der Waals surface area (Å²) in [4.78, 5) is 34.0. The number of pyridine rings is 3. The first-order chi connectivity index (χ1) is 13.6. The molecular formula is C18H15Cl2N5O3. The van der Waals surface area contributed by atoms with Crippen LogP contribution in [0.5, 0.6) is 0 Å². The van der Waals surface area contributed by atoms with Gasteiger partial charge >= 0.3 is 0 Å². The Morgan fingerprint density at radius 1 is 1.18 bits per heavy atom. The van der Waals surface area contributed by atoms with Crippen LogP contribution < -0.4 is 15.8 Å². The van der Waals surface area contributed by atoms with E-state index in [9.17, 15) is 9.59 Å². The molecule has 28 heavy (non-hydrogen) atoms. The summed E-state index contributed by atoms with van der Waals surface area (Å²) in [7, 11) is 0. The number of carbonyl (C=O) groups is 1. The van der Waals surface area contributed by atoms with Crippen molar-refractivity contribution >= 4 is 45.8 Å². The second-order valence-corrected chi connectivity index (χ2v) is 6.90. The monoisotopic (exact) mass is 419 g/mol. The Hall–Kier alpha value is -2.68. The van der Waals surface area contributed by atoms with E-state index in [1.54, 1.807) is 23.0 Å². The van der Waals surface area contributed by atoms with Crippen LogP contribution in [-0.2, 0) is 4.74 Å². The Kier molecular flexibility index (Phi) is 5.17. The number of aromatic nitrogens is 3. The number of nitrogens with zero attached hydrogens (tertiary/aromatic N) is 4. The molecule has 10 heteroatoms. The van der Waals surface area contributed by atoms with Crippen molar-refractivity contribution in [2.75, 3.05) is 36.6 Å². The standard InChI is InChI=1S/C18H15Cl2N5O3/c19-13-8-21-9-14(20)15(13)23-18(27)12-10-25(24-4-6-28-7-5-24)17-11(16(12)26)2-1-3-22-17/h1-3,8-10H,4-7H2,(H,21,23,27). The van der Waals surface area contributed by atoms with E-state index in [0.29, 0.717) is 37.3 Å². The summed E-state index contributed by atoms with van der Waals surface area (Å²) < 4.78 is 7.11. The Labute approximate surface area is 169 Å². The summed E-state index contributed by atoms with van der Waals surface area (Å²) in [5.41, 5.74) is 0.209. The second-order valence-electron chi connectivity index (χ2n) is 6.09. The van der Waals surface area contributed by atoms with Crippen LogP contribution in [0.3, 0.4) is 0 Å². The summed E-state index contributed by atoms with van der Waals surface area (Å²) in [6, 6.07) is 3.30. The van der Waals surface area contributed by atoms with Gasteiger partial charge in [0.2, 0.25) is 5.43 Å². The van der Waals surface area contributed by atoms with Crippen LogP contribution in [-0.4, -0.2) is 46.9 Å². The van der Waals surface area contributed by atoms with Gasteiger partial charge in [-0.2, -0.15) is 0 Å². The van der Waals surface area contributed by atoms with Crippen molar-refractivity contribution in [3.8, 4) is 0 Å². The van der Waals surface area contributed by atoms with E-state index in [1.807, 2.05) is 5.01 Å². The summed E-state index contributed by atoms with van der Waals surface area (Å²) in [6.07, 6.45) is 5.81. The fraction of sp³-hybridized carbons (Fsp3) is 0.222. The molecule has 0 aromatic carbocycles. The minimum atomic E-state index is -0.618. The molecule has 1 fully saturated rings. The molecule has 4 heterocycles. The normalized spacial score (nSPS) is 14.3. The topological polar surface area (TPSA) is 89.3 Å². The molecule has 0 bridgehead atoms. The van der Waals surface area contributed by atoms with Crippen molar-refractivity contribution in [3.63, 3.8) is 0 Å². The fourth-order valence-electron chi connectivity index (χ4n) is 3.00. The van der Waals surface area contributed by atoms with E-state index in [2.05, 4.69) is 15.3 Å². The SMILES string of the molecule is O=C(Nc1c(Cl)cncc1Cl)c1cn(N2CCOCC2)c2ncccc2c1=O. The number of carbonyl (C=O) groups excluding carboxylic acids is 1. The predicted octanol–water partition coefficient (Wildman–Crippen LogP) is 2.32. The average Bonchev–Trinajstić information content (AvgIpc) is 2.72. The van der Waals surface area contributed by atoms with Gasteiger partial charge in [-0.15, -0.1) is 0 Å². The van der Waals surface area contributed by atoms with Gasteiger partial charge in [-0.3, -0.25) is 14.6 Å². The van der Waals surface area contributed by atoms with Gasteiger partial charge in [0.1, 0.15) is 5.56 Å². The number of amides is 1. The van der Waals surface area contributed by atoms with Crippen molar-refractivity contribution in [2.45, 2.75) is 0 Å². The molecule has 144 valence electrons. The molecule has 1 amide bonds. The third kappa shape index (κ3) is 3.42. The molecule has 0 spiro atoms. The van der Waals surface area contributed by atoms with Gasteiger partial charge in [0.05, 0.1) is 47.4 Å². The Morgan fingerprint density at radius 2 is 1.89 bits per heavy atom. The molecule has 4 rings (SSSR count). The number of anilines is 1. The molecule has 8 nitrogen and oxygen atoms in total. The lowest BCUT2D eigenvalue weighted by molar-refractivity contribution is 0.102. The highest BCUT2D eigenvalue weighted by Gasteiger charge is 2.21. The number of halogens is 2. The van der Waals surface area contributed by atoms with Gasteiger partial charge in [-0.25, -0.2) is 9.66 Å². The summed E-state index contributed by atoms with van der Waals surface area (Å²) >= 11 is 12.1. The molecule has 0 radical (unpaired) electrons. The zero-order valence-corrected chi connectivity index (χ0v) is 16.1. The van der Waals surface area contributed by atoms with Gasteiger partial charge < -0.3 is 15.1 Å². The lowest BCUT2D eigenvalue weighted by Gasteiger charge is -2.31. The van der Waals surface area contributed by atoms with E-state index < -0.39 is 11.3 Å². The van der Waals surface area contributed by atoms with E-state index in [4.69, 9.17) is 27.9 Å². The second kappa shape index (κ2) is 7.75. The van der Waals surface area contributed by atoms with Crippen LogP contribution in [0, 0.1) is 0 Å². The van der Waals surface area contributed by atoms with Crippen LogP contribution in [0.15, 0.2) is 41.7 Å².